The minimum absolute atomic E-state index is 0.0115. The molecule has 1 aromatic carbocycles. The van der Waals surface area contributed by atoms with Crippen molar-refractivity contribution in [2.75, 3.05) is 18.4 Å². The molecule has 1 amide bonds. The highest BCUT2D eigenvalue weighted by Crippen LogP contribution is 2.38. The van der Waals surface area contributed by atoms with Gasteiger partial charge in [-0.1, -0.05) is 13.0 Å². The molecule has 28 heavy (non-hydrogen) atoms. The smallest absolute Gasteiger partial charge is 0.243 e. The van der Waals surface area contributed by atoms with Crippen LogP contribution < -0.4 is 21.4 Å². The molecule has 3 aliphatic heterocycles. The Morgan fingerprint density at radius 1 is 1.36 bits per heavy atom. The van der Waals surface area contributed by atoms with E-state index in [2.05, 4.69) is 33.3 Å². The Morgan fingerprint density at radius 3 is 2.93 bits per heavy atom. The van der Waals surface area contributed by atoms with Gasteiger partial charge >= 0.3 is 0 Å². The van der Waals surface area contributed by atoms with Gasteiger partial charge in [0.2, 0.25) is 5.91 Å². The number of anilines is 1. The van der Waals surface area contributed by atoms with Crippen LogP contribution in [0.5, 0.6) is 0 Å². The third kappa shape index (κ3) is 3.19. The lowest BCUT2D eigenvalue weighted by molar-refractivity contribution is -0.123. The third-order valence-electron chi connectivity index (χ3n) is 6.96. The topological polar surface area (TPSA) is 68.4 Å². The molecule has 1 aliphatic carbocycles. The van der Waals surface area contributed by atoms with Crippen molar-refractivity contribution >= 4 is 11.6 Å². The Kier molecular flexibility index (Phi) is 4.56. The third-order valence-corrected chi connectivity index (χ3v) is 6.96. The van der Waals surface area contributed by atoms with E-state index in [1.165, 1.54) is 18.9 Å². The zero-order chi connectivity index (χ0) is 19.4. The van der Waals surface area contributed by atoms with Gasteiger partial charge in [-0.05, 0) is 49.7 Å². The van der Waals surface area contributed by atoms with Crippen molar-refractivity contribution in [1.82, 2.24) is 21.1 Å². The van der Waals surface area contributed by atoms with Crippen LogP contribution in [-0.2, 0) is 11.2 Å². The number of nitrogens with zero attached hydrogens (tertiary/aromatic N) is 1. The molecule has 3 heterocycles. The summed E-state index contributed by atoms with van der Waals surface area (Å²) < 4.78 is 14.2. The molecule has 5 rings (SSSR count). The number of amides is 1. The molecule has 5 atom stereocenters. The van der Waals surface area contributed by atoms with E-state index in [1.807, 2.05) is 6.92 Å². The Balaban J connectivity index is 1.29. The van der Waals surface area contributed by atoms with Crippen LogP contribution >= 0.6 is 0 Å². The number of hydrazine groups is 1. The molecule has 1 aromatic rings. The van der Waals surface area contributed by atoms with Crippen molar-refractivity contribution in [2.24, 2.45) is 11.8 Å². The summed E-state index contributed by atoms with van der Waals surface area (Å²) in [4.78, 5) is 13.1. The van der Waals surface area contributed by atoms with Gasteiger partial charge in [0.25, 0.3) is 0 Å². The average Bonchev–Trinajstić information content (AvgIpc) is 3.23. The number of hydrogen-bond donors (Lipinski definition) is 4. The lowest BCUT2D eigenvalue weighted by Crippen LogP contribution is -2.65. The number of nitrogens with one attached hydrogen (secondary N) is 4. The predicted octanol–water partition coefficient (Wildman–Crippen LogP) is 1.51. The fourth-order valence-electron chi connectivity index (χ4n) is 5.18. The van der Waals surface area contributed by atoms with Crippen LogP contribution in [0.1, 0.15) is 37.3 Å². The first kappa shape index (κ1) is 18.3. The summed E-state index contributed by atoms with van der Waals surface area (Å²) in [5.74, 6) is 0.782. The van der Waals surface area contributed by atoms with Crippen molar-refractivity contribution in [3.05, 3.63) is 29.1 Å². The van der Waals surface area contributed by atoms with E-state index in [1.54, 1.807) is 6.07 Å². The highest BCUT2D eigenvalue weighted by Gasteiger charge is 2.45. The molecule has 0 radical (unpaired) electrons. The highest BCUT2D eigenvalue weighted by molar-refractivity contribution is 5.88. The van der Waals surface area contributed by atoms with Gasteiger partial charge in [0.05, 0.1) is 6.17 Å². The van der Waals surface area contributed by atoms with Gasteiger partial charge < -0.3 is 10.6 Å². The molecule has 0 spiro atoms. The van der Waals surface area contributed by atoms with E-state index in [0.717, 1.165) is 30.8 Å². The molecule has 1 saturated carbocycles. The van der Waals surface area contributed by atoms with E-state index >= 15 is 0 Å². The molecular weight excluding hydrogens is 357 g/mol. The average molecular weight is 388 g/mol. The summed E-state index contributed by atoms with van der Waals surface area (Å²) >= 11 is 0. The van der Waals surface area contributed by atoms with Crippen LogP contribution in [0.2, 0.25) is 0 Å². The lowest BCUT2D eigenvalue weighted by atomic mass is 9.87. The molecule has 0 bridgehead atoms. The van der Waals surface area contributed by atoms with Gasteiger partial charge in [0.15, 0.2) is 0 Å². The van der Waals surface area contributed by atoms with Crippen LogP contribution in [-0.4, -0.2) is 48.3 Å². The quantitative estimate of drug-likeness (QED) is 0.631. The maximum atomic E-state index is 14.2. The first-order valence-electron chi connectivity index (χ1n) is 10.6. The van der Waals surface area contributed by atoms with E-state index in [-0.39, 0.29) is 23.8 Å². The lowest BCUT2D eigenvalue weighted by Gasteiger charge is -2.44. The molecule has 0 aromatic heterocycles. The molecule has 7 heteroatoms. The molecule has 2 saturated heterocycles. The standard InChI is InChI=1S/C21H30FN5O/c1-11-3-6-15(22)14-10-16(24-18(11)14)21(28)25-20(13-4-5-13)19-12(2)9-17-23-7-8-27(17)26-19/h3,6,12-13,16-17,19-20,23-24,26H,4-5,7-10H2,1-2H3,(H,25,28). The zero-order valence-corrected chi connectivity index (χ0v) is 16.6. The number of carbonyl (C=O) groups excluding carboxylic acids is 1. The van der Waals surface area contributed by atoms with Crippen molar-refractivity contribution in [1.29, 1.82) is 0 Å². The van der Waals surface area contributed by atoms with Crippen LogP contribution in [0.4, 0.5) is 10.1 Å². The number of halogens is 1. The number of fused-ring (bicyclic) bond motifs is 2. The van der Waals surface area contributed by atoms with E-state index in [4.69, 9.17) is 0 Å². The number of hydrogen-bond acceptors (Lipinski definition) is 5. The summed E-state index contributed by atoms with van der Waals surface area (Å²) in [5, 5.41) is 12.4. The van der Waals surface area contributed by atoms with Gasteiger partial charge in [0.1, 0.15) is 11.9 Å². The van der Waals surface area contributed by atoms with E-state index < -0.39 is 6.04 Å². The molecule has 5 unspecified atom stereocenters. The highest BCUT2D eigenvalue weighted by atomic mass is 19.1. The van der Waals surface area contributed by atoms with Crippen LogP contribution in [0, 0.1) is 24.6 Å². The summed E-state index contributed by atoms with van der Waals surface area (Å²) in [6.07, 6.45) is 4.25. The molecule has 3 fully saturated rings. The second-order valence-electron chi connectivity index (χ2n) is 9.02. The Morgan fingerprint density at radius 2 is 2.18 bits per heavy atom. The first-order chi connectivity index (χ1) is 13.5. The number of benzene rings is 1. The van der Waals surface area contributed by atoms with Crippen molar-refractivity contribution in [3.63, 3.8) is 0 Å². The largest absolute Gasteiger partial charge is 0.373 e. The summed E-state index contributed by atoms with van der Waals surface area (Å²) in [7, 11) is 0. The van der Waals surface area contributed by atoms with Crippen LogP contribution in [0.3, 0.4) is 0 Å². The summed E-state index contributed by atoms with van der Waals surface area (Å²) in [5.41, 5.74) is 6.11. The van der Waals surface area contributed by atoms with Gasteiger partial charge in [0, 0.05) is 42.8 Å². The number of rotatable bonds is 4. The maximum Gasteiger partial charge on any atom is 0.243 e. The fourth-order valence-corrected chi connectivity index (χ4v) is 5.18. The minimum Gasteiger partial charge on any atom is -0.373 e. The van der Waals surface area contributed by atoms with Gasteiger partial charge in [-0.3, -0.25) is 10.1 Å². The van der Waals surface area contributed by atoms with Gasteiger partial charge in [-0.25, -0.2) is 14.8 Å². The Hall–Kier alpha value is -1.70. The molecule has 152 valence electrons. The normalized spacial score (nSPS) is 33.1. The Labute approximate surface area is 165 Å². The minimum atomic E-state index is -0.396. The SMILES string of the molecule is Cc1ccc(F)c2c1NC(C(=O)NC(C1CC1)C1NN3CCNC3CC1C)C2. The monoisotopic (exact) mass is 387 g/mol. The maximum absolute atomic E-state index is 14.2. The number of aryl methyl sites for hydroxylation is 1. The van der Waals surface area contributed by atoms with E-state index in [9.17, 15) is 9.18 Å². The molecular formula is C21H30FN5O. The second-order valence-corrected chi connectivity index (χ2v) is 9.02. The zero-order valence-electron chi connectivity index (χ0n) is 16.6. The molecule has 4 N–H and O–H groups in total. The van der Waals surface area contributed by atoms with Crippen molar-refractivity contribution < 1.29 is 9.18 Å². The first-order valence-corrected chi connectivity index (χ1v) is 10.6. The van der Waals surface area contributed by atoms with Gasteiger partial charge in [-0.15, -0.1) is 0 Å². The summed E-state index contributed by atoms with van der Waals surface area (Å²) in [6, 6.07) is 3.24. The van der Waals surface area contributed by atoms with E-state index in [0.29, 0.717) is 30.0 Å². The van der Waals surface area contributed by atoms with Gasteiger partial charge in [-0.2, -0.15) is 0 Å². The fraction of sp³-hybridized carbons (Fsp3) is 0.667. The second kappa shape index (κ2) is 6.97. The molecule has 4 aliphatic rings. The van der Waals surface area contributed by atoms with Crippen molar-refractivity contribution in [3.8, 4) is 0 Å². The van der Waals surface area contributed by atoms with Crippen LogP contribution in [0.25, 0.3) is 0 Å². The molecule has 6 nitrogen and oxygen atoms in total. The number of carbonyl (C=O) groups is 1. The van der Waals surface area contributed by atoms with Crippen LogP contribution in [0.15, 0.2) is 12.1 Å². The summed E-state index contributed by atoms with van der Waals surface area (Å²) in [6.45, 7) is 6.23. The van der Waals surface area contributed by atoms with Crippen molar-refractivity contribution in [2.45, 2.75) is 63.8 Å². The predicted molar refractivity (Wildman–Crippen MR) is 106 cm³/mol. The Bertz CT molecular complexity index is 751.